The summed E-state index contributed by atoms with van der Waals surface area (Å²) in [5.74, 6) is 1.02. The molecule has 19 heavy (non-hydrogen) atoms. The highest BCUT2D eigenvalue weighted by Gasteiger charge is 2.31. The van der Waals surface area contributed by atoms with Crippen LogP contribution in [0.25, 0.3) is 0 Å². The average Bonchev–Trinajstić information content (AvgIpc) is 2.44. The molecule has 1 aromatic heterocycles. The van der Waals surface area contributed by atoms with Crippen molar-refractivity contribution in [2.45, 2.75) is 19.0 Å². The molecule has 0 fully saturated rings. The van der Waals surface area contributed by atoms with Gasteiger partial charge in [-0.3, -0.25) is 0 Å². The fraction of sp³-hybridized carbons (Fsp3) is 0.267. The minimum Gasteiger partial charge on any atom is -0.380 e. The van der Waals surface area contributed by atoms with Crippen molar-refractivity contribution in [2.24, 2.45) is 0 Å². The Labute approximate surface area is 117 Å². The van der Waals surface area contributed by atoms with E-state index in [4.69, 9.17) is 11.6 Å². The molecule has 1 atom stereocenters. The molecule has 4 heteroatoms. The van der Waals surface area contributed by atoms with Crippen LogP contribution in [0.5, 0.6) is 0 Å². The maximum atomic E-state index is 6.01. The number of benzene rings is 1. The van der Waals surface area contributed by atoms with Crippen LogP contribution in [0.15, 0.2) is 36.5 Å². The number of pyridine rings is 1. The fourth-order valence-corrected chi connectivity index (χ4v) is 3.19. The Kier molecular flexibility index (Phi) is 2.42. The van der Waals surface area contributed by atoms with Crippen molar-refractivity contribution >= 4 is 23.1 Å². The van der Waals surface area contributed by atoms with Gasteiger partial charge >= 0.3 is 0 Å². The second kappa shape index (κ2) is 4.14. The summed E-state index contributed by atoms with van der Waals surface area (Å²) in [4.78, 5) is 6.90. The van der Waals surface area contributed by atoms with Gasteiger partial charge in [0.2, 0.25) is 0 Å². The standard InChI is InChI=1S/C15H14ClN3/c16-12-6-14-15(18-7-12)19-9-11-4-2-1-3-10(11)5-13(19)8-17-14/h1-4,6-7,13,17H,5,8-9H2. The maximum Gasteiger partial charge on any atom is 0.152 e. The molecule has 0 saturated heterocycles. The smallest absolute Gasteiger partial charge is 0.152 e. The molecule has 0 radical (unpaired) electrons. The van der Waals surface area contributed by atoms with Gasteiger partial charge in [-0.15, -0.1) is 0 Å². The van der Waals surface area contributed by atoms with E-state index in [1.165, 1.54) is 11.1 Å². The zero-order chi connectivity index (χ0) is 12.8. The molecule has 96 valence electrons. The lowest BCUT2D eigenvalue weighted by molar-refractivity contribution is 0.556. The summed E-state index contributed by atoms with van der Waals surface area (Å²) in [6.07, 6.45) is 2.80. The van der Waals surface area contributed by atoms with Crippen molar-refractivity contribution in [3.8, 4) is 0 Å². The number of nitrogens with one attached hydrogen (secondary N) is 1. The van der Waals surface area contributed by atoms with E-state index in [2.05, 4.69) is 39.5 Å². The second-order valence-corrected chi connectivity index (χ2v) is 5.60. The van der Waals surface area contributed by atoms with E-state index in [1.54, 1.807) is 6.20 Å². The number of hydrogen-bond acceptors (Lipinski definition) is 3. The molecule has 2 aliphatic rings. The molecule has 0 bridgehead atoms. The highest BCUT2D eigenvalue weighted by atomic mass is 35.5. The summed E-state index contributed by atoms with van der Waals surface area (Å²) in [7, 11) is 0. The van der Waals surface area contributed by atoms with Crippen LogP contribution in [0.1, 0.15) is 11.1 Å². The average molecular weight is 272 g/mol. The lowest BCUT2D eigenvalue weighted by atomic mass is 9.92. The molecule has 3 heterocycles. The molecule has 2 aromatic rings. The number of rotatable bonds is 0. The maximum absolute atomic E-state index is 6.01. The predicted molar refractivity (Wildman–Crippen MR) is 77.9 cm³/mol. The van der Waals surface area contributed by atoms with E-state index in [9.17, 15) is 0 Å². The number of aromatic nitrogens is 1. The largest absolute Gasteiger partial charge is 0.380 e. The first-order valence-electron chi connectivity index (χ1n) is 6.54. The van der Waals surface area contributed by atoms with Gasteiger partial charge in [-0.25, -0.2) is 4.98 Å². The predicted octanol–water partition coefficient (Wildman–Crippen LogP) is 3.09. The van der Waals surface area contributed by atoms with Gasteiger partial charge in [0.1, 0.15) is 0 Å². The highest BCUT2D eigenvalue weighted by molar-refractivity contribution is 6.30. The number of halogens is 1. The van der Waals surface area contributed by atoms with Crippen molar-refractivity contribution in [3.63, 3.8) is 0 Å². The third kappa shape index (κ3) is 1.77. The number of nitrogens with zero attached hydrogens (tertiary/aromatic N) is 2. The molecule has 3 nitrogen and oxygen atoms in total. The van der Waals surface area contributed by atoms with E-state index >= 15 is 0 Å². The Morgan fingerprint density at radius 3 is 3.00 bits per heavy atom. The van der Waals surface area contributed by atoms with Gasteiger partial charge < -0.3 is 10.2 Å². The third-order valence-corrected chi connectivity index (χ3v) is 4.20. The molecular formula is C15H14ClN3. The van der Waals surface area contributed by atoms with Gasteiger partial charge in [0.15, 0.2) is 5.82 Å². The molecule has 0 aliphatic carbocycles. The van der Waals surface area contributed by atoms with Crippen LogP contribution in [0, 0.1) is 0 Å². The summed E-state index contributed by atoms with van der Waals surface area (Å²) in [5.41, 5.74) is 3.91. The summed E-state index contributed by atoms with van der Waals surface area (Å²) >= 11 is 6.01. The van der Waals surface area contributed by atoms with Gasteiger partial charge in [0.05, 0.1) is 16.8 Å². The Morgan fingerprint density at radius 2 is 2.11 bits per heavy atom. The van der Waals surface area contributed by atoms with E-state index < -0.39 is 0 Å². The molecule has 0 spiro atoms. The molecule has 2 aliphatic heterocycles. The van der Waals surface area contributed by atoms with Gasteiger partial charge in [-0.05, 0) is 23.6 Å². The first kappa shape index (κ1) is 11.1. The van der Waals surface area contributed by atoms with Crippen molar-refractivity contribution in [1.29, 1.82) is 0 Å². The van der Waals surface area contributed by atoms with Gasteiger partial charge in [0.25, 0.3) is 0 Å². The fourth-order valence-electron chi connectivity index (χ4n) is 3.04. The van der Waals surface area contributed by atoms with Crippen LogP contribution in [0.2, 0.25) is 5.02 Å². The summed E-state index contributed by atoms with van der Waals surface area (Å²) in [5, 5.41) is 4.13. The van der Waals surface area contributed by atoms with Crippen molar-refractivity contribution < 1.29 is 0 Å². The SMILES string of the molecule is Clc1cnc2c(c1)NCC1Cc3ccccc3CN21. The number of hydrogen-bond donors (Lipinski definition) is 1. The molecule has 4 rings (SSSR count). The van der Waals surface area contributed by atoms with Crippen LogP contribution in [-0.2, 0) is 13.0 Å². The minimum absolute atomic E-state index is 0.482. The van der Waals surface area contributed by atoms with E-state index in [0.717, 1.165) is 31.0 Å². The Morgan fingerprint density at radius 1 is 1.26 bits per heavy atom. The molecule has 0 amide bonds. The molecule has 0 saturated carbocycles. The van der Waals surface area contributed by atoms with E-state index in [1.807, 2.05) is 6.07 Å². The minimum atomic E-state index is 0.482. The van der Waals surface area contributed by atoms with Crippen LogP contribution in [0.4, 0.5) is 11.5 Å². The third-order valence-electron chi connectivity index (χ3n) is 3.99. The molecule has 1 aromatic carbocycles. The van der Waals surface area contributed by atoms with Crippen LogP contribution in [-0.4, -0.2) is 17.6 Å². The molecule has 1 N–H and O–H groups in total. The Bertz CT molecular complexity index is 641. The Balaban J connectivity index is 1.78. The summed E-state index contributed by atoms with van der Waals surface area (Å²) < 4.78 is 0. The van der Waals surface area contributed by atoms with Crippen molar-refractivity contribution in [1.82, 2.24) is 4.98 Å². The van der Waals surface area contributed by atoms with Gasteiger partial charge in [0, 0.05) is 19.3 Å². The normalized spacial score (nSPS) is 20.1. The van der Waals surface area contributed by atoms with E-state index in [0.29, 0.717) is 11.1 Å². The lowest BCUT2D eigenvalue weighted by Gasteiger charge is -2.42. The zero-order valence-electron chi connectivity index (χ0n) is 10.4. The second-order valence-electron chi connectivity index (χ2n) is 5.16. The molecule has 1 unspecified atom stereocenters. The van der Waals surface area contributed by atoms with Crippen molar-refractivity contribution in [3.05, 3.63) is 52.7 Å². The van der Waals surface area contributed by atoms with E-state index in [-0.39, 0.29) is 0 Å². The lowest BCUT2D eigenvalue weighted by Crippen LogP contribution is -2.48. The first-order chi connectivity index (χ1) is 9.31. The van der Waals surface area contributed by atoms with Crippen LogP contribution >= 0.6 is 11.6 Å². The molecular weight excluding hydrogens is 258 g/mol. The Hall–Kier alpha value is -1.74. The van der Waals surface area contributed by atoms with Crippen LogP contribution in [0.3, 0.4) is 0 Å². The zero-order valence-corrected chi connectivity index (χ0v) is 11.2. The van der Waals surface area contributed by atoms with Gasteiger partial charge in [-0.1, -0.05) is 35.9 Å². The highest BCUT2D eigenvalue weighted by Crippen LogP contribution is 2.36. The number of fused-ring (bicyclic) bond motifs is 4. The number of anilines is 2. The van der Waals surface area contributed by atoms with Gasteiger partial charge in [-0.2, -0.15) is 0 Å². The quantitative estimate of drug-likeness (QED) is 0.798. The monoisotopic (exact) mass is 271 g/mol. The topological polar surface area (TPSA) is 28.2 Å². The van der Waals surface area contributed by atoms with Crippen molar-refractivity contribution in [2.75, 3.05) is 16.8 Å². The summed E-state index contributed by atoms with van der Waals surface area (Å²) in [6, 6.07) is 11.1. The summed E-state index contributed by atoms with van der Waals surface area (Å²) in [6.45, 7) is 1.88. The first-order valence-corrected chi connectivity index (χ1v) is 6.92. The van der Waals surface area contributed by atoms with Crippen LogP contribution < -0.4 is 10.2 Å².